The van der Waals surface area contributed by atoms with E-state index in [0.717, 1.165) is 0 Å². The van der Waals surface area contributed by atoms with Gasteiger partial charge in [0, 0.05) is 31.6 Å². The Balaban J connectivity index is 1.37. The summed E-state index contributed by atoms with van der Waals surface area (Å²) in [6.07, 6.45) is 6.45. The van der Waals surface area contributed by atoms with Crippen LogP contribution in [0.25, 0.3) is 0 Å². The van der Waals surface area contributed by atoms with E-state index in [0.29, 0.717) is 42.2 Å². The lowest BCUT2D eigenvalue weighted by Crippen LogP contribution is -2.51. The van der Waals surface area contributed by atoms with E-state index >= 15 is 0 Å². The molecule has 1 aromatic rings. The maximum atomic E-state index is 12.9. The molecule has 164 valence electrons. The molecule has 3 saturated heterocycles. The number of ether oxygens (including phenoxy) is 2. The van der Waals surface area contributed by atoms with E-state index in [1.165, 1.54) is 45.2 Å². The van der Waals surface area contributed by atoms with E-state index in [-0.39, 0.29) is 24.2 Å². The van der Waals surface area contributed by atoms with Crippen LogP contribution >= 0.6 is 0 Å². The third kappa shape index (κ3) is 4.26. The fraction of sp³-hybridized carbons (Fsp3) is 0.652. The minimum Gasteiger partial charge on any atom is -0.497 e. The van der Waals surface area contributed by atoms with Gasteiger partial charge in [-0.1, -0.05) is 6.42 Å². The topological polar surface area (TPSA) is 71.1 Å². The molecule has 0 aromatic heterocycles. The van der Waals surface area contributed by atoms with E-state index in [1.807, 2.05) is 0 Å². The standard InChI is InChI=1S/C23H33N3O4/c1-29-18-8-9-21(30-2)20(13-18)26-15-17(12-22(26)27)23(28)24-14-16-6-5-11-25-10-4-3-7-19(16)25/h8-9,13,16-17,19H,3-7,10-12,14-15H2,1-2H3,(H,24,28)/t16-,17-,19-/m1/s1. The first-order valence-electron chi connectivity index (χ1n) is 11.1. The highest BCUT2D eigenvalue weighted by Gasteiger charge is 2.38. The molecule has 30 heavy (non-hydrogen) atoms. The first-order chi connectivity index (χ1) is 14.6. The Morgan fingerprint density at radius 2 is 1.97 bits per heavy atom. The van der Waals surface area contributed by atoms with E-state index < -0.39 is 0 Å². The molecule has 0 aliphatic carbocycles. The molecule has 7 nitrogen and oxygen atoms in total. The van der Waals surface area contributed by atoms with Crippen molar-refractivity contribution in [3.8, 4) is 11.5 Å². The molecule has 1 N–H and O–H groups in total. The molecule has 1 aromatic carbocycles. The quantitative estimate of drug-likeness (QED) is 0.773. The number of carbonyl (C=O) groups excluding carboxylic acids is 2. The van der Waals surface area contributed by atoms with E-state index in [9.17, 15) is 9.59 Å². The number of methoxy groups -OCH3 is 2. The maximum Gasteiger partial charge on any atom is 0.227 e. The zero-order valence-electron chi connectivity index (χ0n) is 18.1. The molecule has 0 bridgehead atoms. The SMILES string of the molecule is COc1ccc(OC)c(N2C[C@H](C(=O)NC[C@H]3CCCN4CCCC[C@H]34)CC2=O)c1. The van der Waals surface area contributed by atoms with Gasteiger partial charge in [-0.05, 0) is 56.8 Å². The van der Waals surface area contributed by atoms with Gasteiger partial charge in [0.2, 0.25) is 11.8 Å². The van der Waals surface area contributed by atoms with Crippen molar-refractivity contribution in [3.63, 3.8) is 0 Å². The van der Waals surface area contributed by atoms with Gasteiger partial charge in [-0.15, -0.1) is 0 Å². The number of fused-ring (bicyclic) bond motifs is 1. The molecule has 7 heteroatoms. The average molecular weight is 416 g/mol. The third-order valence-corrected chi connectivity index (χ3v) is 6.94. The Hall–Kier alpha value is -2.28. The zero-order valence-corrected chi connectivity index (χ0v) is 18.1. The highest BCUT2D eigenvalue weighted by Crippen LogP contribution is 2.36. The molecule has 3 heterocycles. The van der Waals surface area contributed by atoms with Gasteiger partial charge in [0.05, 0.1) is 25.8 Å². The van der Waals surface area contributed by atoms with Crippen molar-refractivity contribution in [2.75, 3.05) is 45.3 Å². The molecule has 3 aliphatic heterocycles. The third-order valence-electron chi connectivity index (χ3n) is 6.94. The second kappa shape index (κ2) is 9.25. The second-order valence-corrected chi connectivity index (χ2v) is 8.69. The van der Waals surface area contributed by atoms with Crippen molar-refractivity contribution in [1.29, 1.82) is 0 Å². The normalized spacial score (nSPS) is 26.9. The number of anilines is 1. The highest BCUT2D eigenvalue weighted by molar-refractivity contribution is 6.01. The molecule has 3 fully saturated rings. The number of rotatable bonds is 6. The van der Waals surface area contributed by atoms with Gasteiger partial charge in [-0.3, -0.25) is 9.59 Å². The van der Waals surface area contributed by atoms with Gasteiger partial charge in [-0.25, -0.2) is 0 Å². The maximum absolute atomic E-state index is 12.9. The van der Waals surface area contributed by atoms with Crippen LogP contribution in [0.2, 0.25) is 0 Å². The summed E-state index contributed by atoms with van der Waals surface area (Å²) in [5, 5.41) is 3.17. The summed E-state index contributed by atoms with van der Waals surface area (Å²) in [6, 6.07) is 5.98. The minimum atomic E-state index is -0.334. The Morgan fingerprint density at radius 3 is 2.77 bits per heavy atom. The molecule has 0 radical (unpaired) electrons. The van der Waals surface area contributed by atoms with Crippen molar-refractivity contribution in [1.82, 2.24) is 10.2 Å². The Labute approximate surface area is 178 Å². The predicted octanol–water partition coefficient (Wildman–Crippen LogP) is 2.44. The Morgan fingerprint density at radius 1 is 1.13 bits per heavy atom. The Bertz CT molecular complexity index is 782. The van der Waals surface area contributed by atoms with Crippen molar-refractivity contribution in [2.45, 2.75) is 44.6 Å². The summed E-state index contributed by atoms with van der Waals surface area (Å²) in [5.74, 6) is 1.37. The van der Waals surface area contributed by atoms with Crippen LogP contribution in [0.1, 0.15) is 38.5 Å². The number of hydrogen-bond donors (Lipinski definition) is 1. The number of benzene rings is 1. The molecular formula is C23H33N3O4. The van der Waals surface area contributed by atoms with Crippen LogP contribution in [0.4, 0.5) is 5.69 Å². The zero-order chi connectivity index (χ0) is 21.1. The smallest absolute Gasteiger partial charge is 0.227 e. The van der Waals surface area contributed by atoms with Crippen LogP contribution in [0.3, 0.4) is 0 Å². The first-order valence-corrected chi connectivity index (χ1v) is 11.1. The van der Waals surface area contributed by atoms with E-state index in [2.05, 4.69) is 10.2 Å². The fourth-order valence-electron chi connectivity index (χ4n) is 5.32. The molecule has 3 atom stereocenters. The number of hydrogen-bond acceptors (Lipinski definition) is 5. The molecule has 4 rings (SSSR count). The molecule has 0 saturated carbocycles. The molecule has 3 aliphatic rings. The van der Waals surface area contributed by atoms with Crippen LogP contribution in [-0.4, -0.2) is 63.2 Å². The summed E-state index contributed by atoms with van der Waals surface area (Å²) in [7, 11) is 3.17. The summed E-state index contributed by atoms with van der Waals surface area (Å²) in [5.41, 5.74) is 0.655. The van der Waals surface area contributed by atoms with Crippen LogP contribution in [-0.2, 0) is 9.59 Å². The average Bonchev–Trinajstić information content (AvgIpc) is 3.18. The van der Waals surface area contributed by atoms with Gasteiger partial charge >= 0.3 is 0 Å². The number of nitrogens with one attached hydrogen (secondary N) is 1. The summed E-state index contributed by atoms with van der Waals surface area (Å²) in [4.78, 5) is 29.8. The summed E-state index contributed by atoms with van der Waals surface area (Å²) >= 11 is 0. The van der Waals surface area contributed by atoms with E-state index in [1.54, 1.807) is 37.3 Å². The van der Waals surface area contributed by atoms with E-state index in [4.69, 9.17) is 9.47 Å². The fourth-order valence-corrected chi connectivity index (χ4v) is 5.32. The molecule has 2 amide bonds. The number of nitrogens with zero attached hydrogens (tertiary/aromatic N) is 2. The number of amides is 2. The molecular weight excluding hydrogens is 382 g/mol. The Kier molecular flexibility index (Phi) is 6.46. The monoisotopic (exact) mass is 415 g/mol. The lowest BCUT2D eigenvalue weighted by atomic mass is 9.83. The van der Waals surface area contributed by atoms with Gasteiger partial charge < -0.3 is 24.6 Å². The van der Waals surface area contributed by atoms with Crippen LogP contribution in [0.15, 0.2) is 18.2 Å². The lowest BCUT2D eigenvalue weighted by molar-refractivity contribution is -0.126. The van der Waals surface area contributed by atoms with Crippen molar-refractivity contribution in [2.24, 2.45) is 11.8 Å². The van der Waals surface area contributed by atoms with Gasteiger partial charge in [0.1, 0.15) is 11.5 Å². The molecule has 0 spiro atoms. The highest BCUT2D eigenvalue weighted by atomic mass is 16.5. The second-order valence-electron chi connectivity index (χ2n) is 8.69. The van der Waals surface area contributed by atoms with Crippen LogP contribution < -0.4 is 19.7 Å². The number of piperidine rings is 2. The van der Waals surface area contributed by atoms with Gasteiger partial charge in [0.15, 0.2) is 0 Å². The van der Waals surface area contributed by atoms with Crippen molar-refractivity contribution < 1.29 is 19.1 Å². The summed E-state index contributed by atoms with van der Waals surface area (Å²) < 4.78 is 10.7. The predicted molar refractivity (Wildman–Crippen MR) is 115 cm³/mol. The van der Waals surface area contributed by atoms with Gasteiger partial charge in [0.25, 0.3) is 0 Å². The van der Waals surface area contributed by atoms with Crippen molar-refractivity contribution in [3.05, 3.63) is 18.2 Å². The van der Waals surface area contributed by atoms with Crippen LogP contribution in [0, 0.1) is 11.8 Å². The largest absolute Gasteiger partial charge is 0.497 e. The van der Waals surface area contributed by atoms with Gasteiger partial charge in [-0.2, -0.15) is 0 Å². The first kappa shape index (κ1) is 21.0. The lowest BCUT2D eigenvalue weighted by Gasteiger charge is -2.44. The number of carbonyl (C=O) groups is 2. The van der Waals surface area contributed by atoms with Crippen molar-refractivity contribution >= 4 is 17.5 Å². The molecule has 0 unspecified atom stereocenters. The minimum absolute atomic E-state index is 0.0133. The van der Waals surface area contributed by atoms with Crippen LogP contribution in [0.5, 0.6) is 11.5 Å². The summed E-state index contributed by atoms with van der Waals surface area (Å²) in [6.45, 7) is 3.48.